The minimum atomic E-state index is -1.25. The van der Waals surface area contributed by atoms with Crippen LogP contribution in [0.2, 0.25) is 0 Å². The minimum Gasteiger partial charge on any atom is -0.480 e. The van der Waals surface area contributed by atoms with Gasteiger partial charge >= 0.3 is 5.97 Å². The summed E-state index contributed by atoms with van der Waals surface area (Å²) >= 11 is 0. The van der Waals surface area contributed by atoms with Gasteiger partial charge in [-0.3, -0.25) is 9.78 Å². The fourth-order valence-electron chi connectivity index (χ4n) is 1.13. The predicted molar refractivity (Wildman–Crippen MR) is 57.8 cm³/mol. The van der Waals surface area contributed by atoms with E-state index in [-0.39, 0.29) is 12.3 Å². The normalized spacial score (nSPS) is 10.9. The Morgan fingerprint density at radius 3 is 2.44 bits per heavy atom. The lowest BCUT2D eigenvalue weighted by atomic mass is 10.1. The lowest BCUT2D eigenvalue weighted by Gasteiger charge is -2.20. The van der Waals surface area contributed by atoms with Gasteiger partial charge in [-0.15, -0.1) is 0 Å². The molecule has 1 aromatic rings. The highest BCUT2D eigenvalue weighted by molar-refractivity contribution is 5.87. The standard InChI is InChI=1S/C11H14N2O3/c1-11(2,10(15)16)13-9(14)7-8-3-5-12-6-4-8/h3-6H,7H2,1-2H3,(H,13,14)(H,15,16). The number of aromatic nitrogens is 1. The number of hydrogen-bond donors (Lipinski definition) is 2. The van der Waals surface area contributed by atoms with E-state index in [9.17, 15) is 9.59 Å². The Kier molecular flexibility index (Phi) is 3.60. The smallest absolute Gasteiger partial charge is 0.328 e. The molecule has 0 aliphatic carbocycles. The SMILES string of the molecule is CC(C)(NC(=O)Cc1ccncc1)C(=O)O. The molecule has 16 heavy (non-hydrogen) atoms. The van der Waals surface area contributed by atoms with Crippen molar-refractivity contribution >= 4 is 11.9 Å². The van der Waals surface area contributed by atoms with E-state index >= 15 is 0 Å². The van der Waals surface area contributed by atoms with Crippen LogP contribution in [0.5, 0.6) is 0 Å². The molecule has 0 fully saturated rings. The summed E-state index contributed by atoms with van der Waals surface area (Å²) in [5.41, 5.74) is -0.446. The van der Waals surface area contributed by atoms with Gasteiger partial charge in [0.05, 0.1) is 6.42 Å². The highest BCUT2D eigenvalue weighted by Gasteiger charge is 2.28. The highest BCUT2D eigenvalue weighted by atomic mass is 16.4. The van der Waals surface area contributed by atoms with Crippen molar-refractivity contribution in [3.8, 4) is 0 Å². The van der Waals surface area contributed by atoms with Crippen molar-refractivity contribution < 1.29 is 14.7 Å². The number of aliphatic carboxylic acids is 1. The molecule has 5 heteroatoms. The van der Waals surface area contributed by atoms with Crippen LogP contribution in [-0.4, -0.2) is 27.5 Å². The Labute approximate surface area is 93.5 Å². The number of rotatable bonds is 4. The summed E-state index contributed by atoms with van der Waals surface area (Å²) in [7, 11) is 0. The first-order valence-corrected chi connectivity index (χ1v) is 4.85. The van der Waals surface area contributed by atoms with Crippen LogP contribution in [0.4, 0.5) is 0 Å². The number of nitrogens with zero attached hydrogens (tertiary/aromatic N) is 1. The van der Waals surface area contributed by atoms with Crippen LogP contribution < -0.4 is 5.32 Å². The number of carboxylic acid groups (broad SMARTS) is 1. The molecule has 0 aromatic carbocycles. The highest BCUT2D eigenvalue weighted by Crippen LogP contribution is 2.04. The van der Waals surface area contributed by atoms with Crippen LogP contribution in [-0.2, 0) is 16.0 Å². The summed E-state index contributed by atoms with van der Waals surface area (Å²) < 4.78 is 0. The topological polar surface area (TPSA) is 79.3 Å². The van der Waals surface area contributed by atoms with Gasteiger partial charge in [-0.25, -0.2) is 4.79 Å². The Morgan fingerprint density at radius 2 is 1.94 bits per heavy atom. The van der Waals surface area contributed by atoms with Crippen LogP contribution in [0, 0.1) is 0 Å². The van der Waals surface area contributed by atoms with Gasteiger partial charge in [0, 0.05) is 12.4 Å². The van der Waals surface area contributed by atoms with Gasteiger partial charge in [0.1, 0.15) is 5.54 Å². The zero-order valence-corrected chi connectivity index (χ0v) is 9.23. The zero-order chi connectivity index (χ0) is 12.2. The van der Waals surface area contributed by atoms with Crippen LogP contribution >= 0.6 is 0 Å². The van der Waals surface area contributed by atoms with Gasteiger partial charge in [0.25, 0.3) is 0 Å². The summed E-state index contributed by atoms with van der Waals surface area (Å²) in [6, 6.07) is 3.43. The van der Waals surface area contributed by atoms with Crippen molar-refractivity contribution in [1.82, 2.24) is 10.3 Å². The second-order valence-corrected chi connectivity index (χ2v) is 4.01. The van der Waals surface area contributed by atoms with Crippen LogP contribution in [0.15, 0.2) is 24.5 Å². The molecule has 1 heterocycles. The summed E-state index contributed by atoms with van der Waals surface area (Å²) in [5.74, 6) is -1.38. The predicted octanol–water partition coefficient (Wildman–Crippen LogP) is 0.603. The molecule has 0 aliphatic rings. The average Bonchev–Trinajstić information content (AvgIpc) is 2.17. The molecular weight excluding hydrogens is 208 g/mol. The molecule has 0 bridgehead atoms. The Hall–Kier alpha value is -1.91. The number of amides is 1. The van der Waals surface area contributed by atoms with Crippen molar-refractivity contribution in [2.45, 2.75) is 25.8 Å². The van der Waals surface area contributed by atoms with E-state index in [4.69, 9.17) is 5.11 Å². The zero-order valence-electron chi connectivity index (χ0n) is 9.23. The largest absolute Gasteiger partial charge is 0.480 e. The summed E-state index contributed by atoms with van der Waals surface area (Å²) in [6.45, 7) is 2.89. The van der Waals surface area contributed by atoms with Gasteiger partial charge < -0.3 is 10.4 Å². The minimum absolute atomic E-state index is 0.152. The third-order valence-electron chi connectivity index (χ3n) is 2.10. The van der Waals surface area contributed by atoms with Crippen molar-refractivity contribution in [3.63, 3.8) is 0 Å². The molecule has 5 nitrogen and oxygen atoms in total. The third-order valence-corrected chi connectivity index (χ3v) is 2.10. The molecule has 1 amide bonds. The molecule has 0 atom stereocenters. The maximum atomic E-state index is 11.5. The molecule has 1 rings (SSSR count). The first kappa shape index (κ1) is 12.2. The van der Waals surface area contributed by atoms with Gasteiger partial charge in [-0.05, 0) is 31.5 Å². The van der Waals surface area contributed by atoms with Crippen molar-refractivity contribution in [1.29, 1.82) is 0 Å². The molecule has 2 N–H and O–H groups in total. The van der Waals surface area contributed by atoms with Crippen LogP contribution in [0.3, 0.4) is 0 Å². The van der Waals surface area contributed by atoms with Gasteiger partial charge in [0.15, 0.2) is 0 Å². The number of pyridine rings is 1. The van der Waals surface area contributed by atoms with E-state index in [1.54, 1.807) is 24.5 Å². The first-order chi connectivity index (χ1) is 7.42. The van der Waals surface area contributed by atoms with E-state index in [0.29, 0.717) is 0 Å². The fourth-order valence-corrected chi connectivity index (χ4v) is 1.13. The second kappa shape index (κ2) is 4.74. The molecule has 1 aromatic heterocycles. The molecule has 0 spiro atoms. The number of carboxylic acids is 1. The van der Waals surface area contributed by atoms with Gasteiger partial charge in [0.2, 0.25) is 5.91 Å². The maximum absolute atomic E-state index is 11.5. The van der Waals surface area contributed by atoms with E-state index in [2.05, 4.69) is 10.3 Å². The van der Waals surface area contributed by atoms with Crippen molar-refractivity contribution in [2.75, 3.05) is 0 Å². The molecule has 0 unspecified atom stereocenters. The maximum Gasteiger partial charge on any atom is 0.328 e. The van der Waals surface area contributed by atoms with Crippen molar-refractivity contribution in [2.24, 2.45) is 0 Å². The van der Waals surface area contributed by atoms with Gasteiger partial charge in [-0.2, -0.15) is 0 Å². The lowest BCUT2D eigenvalue weighted by molar-refractivity contribution is -0.145. The fraction of sp³-hybridized carbons (Fsp3) is 0.364. The van der Waals surface area contributed by atoms with Crippen LogP contribution in [0.25, 0.3) is 0 Å². The molecule has 0 saturated heterocycles. The number of hydrogen-bond acceptors (Lipinski definition) is 3. The monoisotopic (exact) mass is 222 g/mol. The second-order valence-electron chi connectivity index (χ2n) is 4.01. The number of carbonyl (C=O) groups is 2. The Bertz CT molecular complexity index is 387. The number of nitrogens with one attached hydrogen (secondary N) is 1. The summed E-state index contributed by atoms with van der Waals surface area (Å²) in [6.07, 6.45) is 3.33. The number of carbonyl (C=O) groups excluding carboxylic acids is 1. The van der Waals surface area contributed by atoms with Gasteiger partial charge in [-0.1, -0.05) is 0 Å². The third kappa shape index (κ3) is 3.34. The summed E-state index contributed by atoms with van der Waals surface area (Å²) in [4.78, 5) is 26.2. The lowest BCUT2D eigenvalue weighted by Crippen LogP contribution is -2.50. The van der Waals surface area contributed by atoms with E-state index in [1.807, 2.05) is 0 Å². The first-order valence-electron chi connectivity index (χ1n) is 4.85. The molecular formula is C11H14N2O3. The summed E-state index contributed by atoms with van der Waals surface area (Å²) in [5, 5.41) is 11.3. The quantitative estimate of drug-likeness (QED) is 0.782. The van der Waals surface area contributed by atoms with Crippen LogP contribution in [0.1, 0.15) is 19.4 Å². The van der Waals surface area contributed by atoms with E-state index < -0.39 is 11.5 Å². The van der Waals surface area contributed by atoms with Crippen molar-refractivity contribution in [3.05, 3.63) is 30.1 Å². The van der Waals surface area contributed by atoms with E-state index in [0.717, 1.165) is 5.56 Å². The van der Waals surface area contributed by atoms with E-state index in [1.165, 1.54) is 13.8 Å². The average molecular weight is 222 g/mol. The Morgan fingerprint density at radius 1 is 1.38 bits per heavy atom. The molecule has 0 aliphatic heterocycles. The Balaban J connectivity index is 2.58. The molecule has 86 valence electrons. The molecule has 0 saturated carbocycles. The molecule has 0 radical (unpaired) electrons.